The lowest BCUT2D eigenvalue weighted by Crippen LogP contribution is -2.56. The Hall–Kier alpha value is -2.93. The van der Waals surface area contributed by atoms with Crippen LogP contribution in [0.3, 0.4) is 0 Å². The van der Waals surface area contributed by atoms with Gasteiger partial charge in [-0.2, -0.15) is 0 Å². The number of nitrogens with zero attached hydrogens (tertiary/aromatic N) is 1. The Bertz CT molecular complexity index is 634. The van der Waals surface area contributed by atoms with Gasteiger partial charge in [0.25, 0.3) is 0 Å². The van der Waals surface area contributed by atoms with Gasteiger partial charge in [-0.05, 0) is 25.7 Å². The second-order valence-electron chi connectivity index (χ2n) is 7.12. The lowest BCUT2D eigenvalue weighted by molar-refractivity contribution is -0.142. The molecule has 11 N–H and O–H groups in total. The molecule has 0 aliphatic rings. The number of hydrogen-bond donors (Lipinski definition) is 8. The van der Waals surface area contributed by atoms with Crippen molar-refractivity contribution in [3.63, 3.8) is 0 Å². The zero-order chi connectivity index (χ0) is 23.4. The minimum atomic E-state index is -1.23. The maximum Gasteiger partial charge on any atom is 0.326 e. The van der Waals surface area contributed by atoms with Crippen LogP contribution >= 0.6 is 0 Å². The number of carboxylic acids is 1. The number of aliphatic imine (C=N–C) groups is 1. The molecule has 0 aliphatic heterocycles. The summed E-state index contributed by atoms with van der Waals surface area (Å²) in [6, 6.07) is -3.41. The predicted molar refractivity (Wildman–Crippen MR) is 109 cm³/mol. The fourth-order valence-electron chi connectivity index (χ4n) is 2.29. The number of carbonyl (C=O) groups is 4. The summed E-state index contributed by atoms with van der Waals surface area (Å²) in [6.07, 6.45) is -0.685. The van der Waals surface area contributed by atoms with Crippen molar-refractivity contribution in [1.82, 2.24) is 16.0 Å². The average Bonchev–Trinajstić information content (AvgIpc) is 2.64. The van der Waals surface area contributed by atoms with Crippen LogP contribution in [0.1, 0.15) is 33.6 Å². The fraction of sp³-hybridized carbons (Fsp3) is 0.706. The molecule has 0 rings (SSSR count). The molecule has 30 heavy (non-hydrogen) atoms. The van der Waals surface area contributed by atoms with E-state index >= 15 is 0 Å². The summed E-state index contributed by atoms with van der Waals surface area (Å²) >= 11 is 0. The summed E-state index contributed by atoms with van der Waals surface area (Å²) in [5.41, 5.74) is 15.9. The van der Waals surface area contributed by atoms with Gasteiger partial charge in [0, 0.05) is 6.54 Å². The highest BCUT2D eigenvalue weighted by Gasteiger charge is 2.28. The van der Waals surface area contributed by atoms with Crippen molar-refractivity contribution in [3.8, 4) is 0 Å². The summed E-state index contributed by atoms with van der Waals surface area (Å²) in [5, 5.41) is 25.7. The topological polar surface area (TPSA) is 235 Å². The Morgan fingerprint density at radius 1 is 1.03 bits per heavy atom. The number of nitrogens with two attached hydrogens (primary N) is 3. The number of aliphatic carboxylic acids is 1. The zero-order valence-electron chi connectivity index (χ0n) is 17.4. The van der Waals surface area contributed by atoms with Crippen LogP contribution in [-0.2, 0) is 19.2 Å². The fourth-order valence-corrected chi connectivity index (χ4v) is 2.29. The number of carboxylic acid groups (broad SMARTS) is 1. The van der Waals surface area contributed by atoms with E-state index in [1.807, 2.05) is 0 Å². The Morgan fingerprint density at radius 3 is 2.10 bits per heavy atom. The lowest BCUT2D eigenvalue weighted by Gasteiger charge is -2.24. The first-order valence-electron chi connectivity index (χ1n) is 9.46. The summed E-state index contributed by atoms with van der Waals surface area (Å²) in [5.74, 6) is -3.79. The van der Waals surface area contributed by atoms with Gasteiger partial charge in [0.2, 0.25) is 17.7 Å². The molecule has 13 nitrogen and oxygen atoms in total. The quantitative estimate of drug-likeness (QED) is 0.0821. The van der Waals surface area contributed by atoms with Crippen molar-refractivity contribution in [2.45, 2.75) is 57.8 Å². The van der Waals surface area contributed by atoms with E-state index in [2.05, 4.69) is 20.9 Å². The standard InChI is InChI=1S/C17H33N7O6/c1-8(2)13(24-11(26)7-22-14(27)12(18)9(3)25)15(28)23-10(16(29)30)5-4-6-21-17(19)20/h8-10,12-13,25H,4-7,18H2,1-3H3,(H,22,27)(H,23,28)(H,24,26)(H,29,30)(H4,19,20,21). The molecule has 0 aromatic carbocycles. The number of hydrogen-bond acceptors (Lipinski definition) is 7. The number of aliphatic hydroxyl groups excluding tert-OH is 1. The van der Waals surface area contributed by atoms with Crippen LogP contribution in [0.2, 0.25) is 0 Å². The van der Waals surface area contributed by atoms with Crippen LogP contribution in [0, 0.1) is 5.92 Å². The third-order valence-corrected chi connectivity index (χ3v) is 4.07. The van der Waals surface area contributed by atoms with Crippen LogP contribution in [0.4, 0.5) is 0 Å². The average molecular weight is 431 g/mol. The molecule has 0 saturated carbocycles. The van der Waals surface area contributed by atoms with Crippen LogP contribution in [-0.4, -0.2) is 77.2 Å². The van der Waals surface area contributed by atoms with Gasteiger partial charge in [0.1, 0.15) is 18.1 Å². The van der Waals surface area contributed by atoms with Gasteiger partial charge in [0.15, 0.2) is 5.96 Å². The SMILES string of the molecule is CC(C)C(NC(=O)CNC(=O)C(N)C(C)O)C(=O)NC(CCCN=C(N)N)C(=O)O. The van der Waals surface area contributed by atoms with Gasteiger partial charge >= 0.3 is 5.97 Å². The number of aliphatic hydroxyl groups is 1. The van der Waals surface area contributed by atoms with Crippen molar-refractivity contribution in [1.29, 1.82) is 0 Å². The van der Waals surface area contributed by atoms with Crippen molar-refractivity contribution >= 4 is 29.7 Å². The van der Waals surface area contributed by atoms with Gasteiger partial charge in [-0.25, -0.2) is 4.79 Å². The maximum atomic E-state index is 12.5. The van der Waals surface area contributed by atoms with Gasteiger partial charge in [-0.3, -0.25) is 19.4 Å². The van der Waals surface area contributed by atoms with E-state index in [9.17, 15) is 29.4 Å². The second-order valence-corrected chi connectivity index (χ2v) is 7.12. The molecule has 172 valence electrons. The highest BCUT2D eigenvalue weighted by atomic mass is 16.4. The minimum Gasteiger partial charge on any atom is -0.480 e. The minimum absolute atomic E-state index is 0.0872. The molecule has 0 radical (unpaired) electrons. The Balaban J connectivity index is 4.83. The van der Waals surface area contributed by atoms with Gasteiger partial charge in [0.05, 0.1) is 12.6 Å². The first-order valence-corrected chi connectivity index (χ1v) is 9.46. The smallest absolute Gasteiger partial charge is 0.326 e. The molecule has 3 amide bonds. The van der Waals surface area contributed by atoms with E-state index in [0.29, 0.717) is 6.42 Å². The van der Waals surface area contributed by atoms with Crippen LogP contribution in [0.5, 0.6) is 0 Å². The molecule has 4 atom stereocenters. The molecule has 0 spiro atoms. The summed E-state index contributed by atoms with van der Waals surface area (Å²) in [4.78, 5) is 51.4. The first-order chi connectivity index (χ1) is 13.9. The number of amides is 3. The molecule has 0 saturated heterocycles. The highest BCUT2D eigenvalue weighted by Crippen LogP contribution is 2.05. The number of guanidine groups is 1. The first kappa shape index (κ1) is 27.1. The maximum absolute atomic E-state index is 12.5. The molecule has 0 aliphatic carbocycles. The van der Waals surface area contributed by atoms with Crippen molar-refractivity contribution in [2.75, 3.05) is 13.1 Å². The van der Waals surface area contributed by atoms with E-state index in [4.69, 9.17) is 17.2 Å². The van der Waals surface area contributed by atoms with Crippen molar-refractivity contribution in [3.05, 3.63) is 0 Å². The predicted octanol–water partition coefficient (Wildman–Crippen LogP) is -3.43. The molecular formula is C17H33N7O6. The molecule has 0 aromatic heterocycles. The van der Waals surface area contributed by atoms with Crippen LogP contribution < -0.4 is 33.2 Å². The van der Waals surface area contributed by atoms with Crippen LogP contribution in [0.25, 0.3) is 0 Å². The molecule has 4 unspecified atom stereocenters. The monoisotopic (exact) mass is 431 g/mol. The lowest BCUT2D eigenvalue weighted by atomic mass is 10.0. The van der Waals surface area contributed by atoms with E-state index in [1.54, 1.807) is 13.8 Å². The zero-order valence-corrected chi connectivity index (χ0v) is 17.4. The summed E-state index contributed by atoms with van der Waals surface area (Å²) in [6.45, 7) is 4.42. The second kappa shape index (κ2) is 13.3. The third-order valence-electron chi connectivity index (χ3n) is 4.07. The normalized spacial score (nSPS) is 14.7. The van der Waals surface area contributed by atoms with E-state index in [0.717, 1.165) is 0 Å². The molecule has 0 aromatic rings. The largest absolute Gasteiger partial charge is 0.480 e. The van der Waals surface area contributed by atoms with Gasteiger partial charge < -0.3 is 43.4 Å². The van der Waals surface area contributed by atoms with Crippen LogP contribution in [0.15, 0.2) is 4.99 Å². The molecule has 0 fully saturated rings. The Morgan fingerprint density at radius 2 is 1.63 bits per heavy atom. The molecule has 13 heteroatoms. The number of carbonyl (C=O) groups excluding carboxylic acids is 3. The van der Waals surface area contributed by atoms with Gasteiger partial charge in [-0.1, -0.05) is 13.8 Å². The number of nitrogens with one attached hydrogen (secondary N) is 3. The summed E-state index contributed by atoms with van der Waals surface area (Å²) < 4.78 is 0. The van der Waals surface area contributed by atoms with E-state index in [-0.39, 0.29) is 24.8 Å². The number of rotatable bonds is 13. The van der Waals surface area contributed by atoms with E-state index < -0.39 is 54.5 Å². The highest BCUT2D eigenvalue weighted by molar-refractivity contribution is 5.92. The third kappa shape index (κ3) is 10.6. The van der Waals surface area contributed by atoms with E-state index in [1.165, 1.54) is 6.92 Å². The molecule has 0 heterocycles. The van der Waals surface area contributed by atoms with Crippen molar-refractivity contribution in [2.24, 2.45) is 28.1 Å². The Labute approximate surface area is 174 Å². The summed E-state index contributed by atoms with van der Waals surface area (Å²) in [7, 11) is 0. The molecular weight excluding hydrogens is 398 g/mol. The van der Waals surface area contributed by atoms with Gasteiger partial charge in [-0.15, -0.1) is 0 Å². The van der Waals surface area contributed by atoms with Crippen molar-refractivity contribution < 1.29 is 29.4 Å². The Kier molecular flexibility index (Phi) is 12.0. The molecule has 0 bridgehead atoms.